The number of rotatable bonds is 4. The Labute approximate surface area is 121 Å². The van der Waals surface area contributed by atoms with Crippen LogP contribution in [0.5, 0.6) is 0 Å². The van der Waals surface area contributed by atoms with Gasteiger partial charge < -0.3 is 5.32 Å². The van der Waals surface area contributed by atoms with Crippen molar-refractivity contribution in [1.82, 2.24) is 9.97 Å². The molecule has 0 bridgehead atoms. The number of aromatic nitrogens is 2. The second-order valence-electron chi connectivity index (χ2n) is 5.23. The van der Waals surface area contributed by atoms with Gasteiger partial charge in [-0.2, -0.15) is 0 Å². The van der Waals surface area contributed by atoms with Gasteiger partial charge in [-0.05, 0) is 46.2 Å². The first kappa shape index (κ1) is 14.5. The molecule has 0 spiro atoms. The van der Waals surface area contributed by atoms with Crippen molar-refractivity contribution in [2.24, 2.45) is 0 Å². The lowest BCUT2D eigenvalue weighted by Gasteiger charge is -2.13. The van der Waals surface area contributed by atoms with E-state index >= 15 is 0 Å². The number of nitrogens with zero attached hydrogens (tertiary/aromatic N) is 2. The number of anilines is 1. The van der Waals surface area contributed by atoms with Crippen LogP contribution in [0.2, 0.25) is 0 Å². The minimum Gasteiger partial charge on any atom is -0.370 e. The minimum atomic E-state index is 0.815. The van der Waals surface area contributed by atoms with Crippen LogP contribution in [0.3, 0.4) is 0 Å². The summed E-state index contributed by atoms with van der Waals surface area (Å²) < 4.78 is 0. The van der Waals surface area contributed by atoms with Crippen LogP contribution in [0.15, 0.2) is 18.2 Å². The van der Waals surface area contributed by atoms with Crippen LogP contribution >= 0.6 is 0 Å². The molecule has 0 atom stereocenters. The van der Waals surface area contributed by atoms with Crippen molar-refractivity contribution in [2.45, 2.75) is 41.0 Å². The fraction of sp³-hybridized carbons (Fsp3) is 0.412. The summed E-state index contributed by atoms with van der Waals surface area (Å²) in [4.78, 5) is 9.44. The number of aryl methyl sites for hydroxylation is 3. The van der Waals surface area contributed by atoms with E-state index in [1.165, 1.54) is 11.1 Å². The number of hydrogen-bond donors (Lipinski definition) is 1. The van der Waals surface area contributed by atoms with Crippen LogP contribution in [0.25, 0.3) is 11.4 Å². The molecular weight excluding hydrogens is 246 g/mol. The molecular formula is C17H23N3. The van der Waals surface area contributed by atoms with Crippen LogP contribution in [-0.2, 0) is 6.42 Å². The fourth-order valence-corrected chi connectivity index (χ4v) is 2.48. The van der Waals surface area contributed by atoms with Gasteiger partial charge in [0, 0.05) is 23.4 Å². The van der Waals surface area contributed by atoms with E-state index in [1.54, 1.807) is 0 Å². The first-order chi connectivity index (χ1) is 9.55. The number of nitrogens with one attached hydrogen (secondary N) is 1. The number of benzene rings is 1. The van der Waals surface area contributed by atoms with Gasteiger partial charge >= 0.3 is 0 Å². The highest BCUT2D eigenvalue weighted by Crippen LogP contribution is 2.24. The zero-order valence-electron chi connectivity index (χ0n) is 13.0. The topological polar surface area (TPSA) is 37.8 Å². The summed E-state index contributed by atoms with van der Waals surface area (Å²) >= 11 is 0. The molecule has 3 heteroatoms. The van der Waals surface area contributed by atoms with Crippen molar-refractivity contribution in [1.29, 1.82) is 0 Å². The molecule has 2 rings (SSSR count). The summed E-state index contributed by atoms with van der Waals surface area (Å²) in [6.45, 7) is 11.4. The standard InChI is InChI=1S/C17H23N3/c1-6-15-13(5)16(18-7-2)20-17(19-15)14-9-11(3)8-12(4)10-14/h8-10H,6-7H2,1-5H3,(H,18,19,20). The Morgan fingerprint density at radius 2 is 1.60 bits per heavy atom. The summed E-state index contributed by atoms with van der Waals surface area (Å²) in [5.74, 6) is 1.77. The van der Waals surface area contributed by atoms with Gasteiger partial charge in [0.25, 0.3) is 0 Å². The van der Waals surface area contributed by atoms with Gasteiger partial charge in [0.05, 0.1) is 0 Å². The quantitative estimate of drug-likeness (QED) is 0.909. The van der Waals surface area contributed by atoms with Gasteiger partial charge in [-0.3, -0.25) is 0 Å². The summed E-state index contributed by atoms with van der Waals surface area (Å²) in [6.07, 6.45) is 0.921. The lowest BCUT2D eigenvalue weighted by Crippen LogP contribution is -2.07. The highest BCUT2D eigenvalue weighted by Gasteiger charge is 2.11. The zero-order chi connectivity index (χ0) is 14.7. The van der Waals surface area contributed by atoms with Crippen LogP contribution in [0.4, 0.5) is 5.82 Å². The molecule has 3 nitrogen and oxygen atoms in total. The van der Waals surface area contributed by atoms with Gasteiger partial charge in [0.1, 0.15) is 5.82 Å². The molecule has 0 saturated carbocycles. The first-order valence-electron chi connectivity index (χ1n) is 7.25. The molecule has 0 aliphatic carbocycles. The third-order valence-corrected chi connectivity index (χ3v) is 3.41. The Bertz CT molecular complexity index is 598. The van der Waals surface area contributed by atoms with Gasteiger partial charge in [-0.1, -0.05) is 24.1 Å². The minimum absolute atomic E-state index is 0.815. The average Bonchev–Trinajstić information content (AvgIpc) is 2.40. The SMILES string of the molecule is CCNc1nc(-c2cc(C)cc(C)c2)nc(CC)c1C. The normalized spacial score (nSPS) is 10.7. The predicted octanol–water partition coefficient (Wildman–Crippen LogP) is 4.06. The molecule has 0 saturated heterocycles. The first-order valence-corrected chi connectivity index (χ1v) is 7.25. The average molecular weight is 269 g/mol. The molecule has 106 valence electrons. The maximum atomic E-state index is 4.74. The van der Waals surface area contributed by atoms with E-state index in [2.05, 4.69) is 58.1 Å². The molecule has 1 aromatic heterocycles. The van der Waals surface area contributed by atoms with E-state index in [-0.39, 0.29) is 0 Å². The Morgan fingerprint density at radius 3 is 2.15 bits per heavy atom. The molecule has 0 radical (unpaired) electrons. The summed E-state index contributed by atoms with van der Waals surface area (Å²) in [5, 5.41) is 3.34. The molecule has 0 aliphatic rings. The third-order valence-electron chi connectivity index (χ3n) is 3.41. The number of hydrogen-bond acceptors (Lipinski definition) is 3. The van der Waals surface area contributed by atoms with Crippen molar-refractivity contribution in [2.75, 3.05) is 11.9 Å². The van der Waals surface area contributed by atoms with Gasteiger partial charge in [-0.15, -0.1) is 0 Å². The highest BCUT2D eigenvalue weighted by molar-refractivity contribution is 5.61. The molecule has 0 aliphatic heterocycles. The Balaban J connectivity index is 2.58. The van der Waals surface area contributed by atoms with Gasteiger partial charge in [0.15, 0.2) is 5.82 Å². The second kappa shape index (κ2) is 6.04. The lowest BCUT2D eigenvalue weighted by atomic mass is 10.1. The maximum Gasteiger partial charge on any atom is 0.161 e. The largest absolute Gasteiger partial charge is 0.370 e. The Kier molecular flexibility index (Phi) is 4.38. The van der Waals surface area contributed by atoms with E-state index in [0.29, 0.717) is 0 Å². The summed E-state index contributed by atoms with van der Waals surface area (Å²) in [6, 6.07) is 6.46. The van der Waals surface area contributed by atoms with Crippen LogP contribution < -0.4 is 5.32 Å². The van der Waals surface area contributed by atoms with Crippen molar-refractivity contribution in [3.63, 3.8) is 0 Å². The fourth-order valence-electron chi connectivity index (χ4n) is 2.48. The zero-order valence-corrected chi connectivity index (χ0v) is 13.0. The van der Waals surface area contributed by atoms with Gasteiger partial charge in [0.2, 0.25) is 0 Å². The maximum absolute atomic E-state index is 4.74. The molecule has 1 heterocycles. The van der Waals surface area contributed by atoms with Crippen LogP contribution in [-0.4, -0.2) is 16.5 Å². The summed E-state index contributed by atoms with van der Waals surface area (Å²) in [7, 11) is 0. The predicted molar refractivity (Wildman–Crippen MR) is 85.2 cm³/mol. The molecule has 1 aromatic carbocycles. The van der Waals surface area contributed by atoms with E-state index in [9.17, 15) is 0 Å². The molecule has 0 fully saturated rings. The molecule has 1 N–H and O–H groups in total. The van der Waals surface area contributed by atoms with E-state index in [0.717, 1.165) is 41.4 Å². The van der Waals surface area contributed by atoms with E-state index in [4.69, 9.17) is 9.97 Å². The molecule has 20 heavy (non-hydrogen) atoms. The monoisotopic (exact) mass is 269 g/mol. The van der Waals surface area contributed by atoms with E-state index in [1.807, 2.05) is 0 Å². The van der Waals surface area contributed by atoms with Crippen molar-refractivity contribution in [3.05, 3.63) is 40.6 Å². The molecule has 0 amide bonds. The summed E-state index contributed by atoms with van der Waals surface area (Å²) in [5.41, 5.74) is 5.85. The third kappa shape index (κ3) is 2.98. The van der Waals surface area contributed by atoms with Crippen molar-refractivity contribution < 1.29 is 0 Å². The van der Waals surface area contributed by atoms with Crippen molar-refractivity contribution >= 4 is 5.82 Å². The van der Waals surface area contributed by atoms with E-state index < -0.39 is 0 Å². The Morgan fingerprint density at radius 1 is 0.950 bits per heavy atom. The van der Waals surface area contributed by atoms with Crippen LogP contribution in [0.1, 0.15) is 36.2 Å². The lowest BCUT2D eigenvalue weighted by molar-refractivity contribution is 0.970. The van der Waals surface area contributed by atoms with Crippen molar-refractivity contribution in [3.8, 4) is 11.4 Å². The molecule has 0 unspecified atom stereocenters. The molecule has 2 aromatic rings. The smallest absolute Gasteiger partial charge is 0.161 e. The second-order valence-corrected chi connectivity index (χ2v) is 5.23. The Hall–Kier alpha value is -1.90. The van der Waals surface area contributed by atoms with Gasteiger partial charge in [-0.25, -0.2) is 9.97 Å². The highest BCUT2D eigenvalue weighted by atomic mass is 15.0. The van der Waals surface area contributed by atoms with Crippen LogP contribution in [0, 0.1) is 20.8 Å².